The zero-order valence-corrected chi connectivity index (χ0v) is 14.6. The maximum atomic E-state index is 12.4. The molecule has 1 heterocycles. The van der Waals surface area contributed by atoms with E-state index in [4.69, 9.17) is 10.5 Å². The number of aryl methyl sites for hydroxylation is 2. The molecule has 0 spiro atoms. The lowest BCUT2D eigenvalue weighted by molar-refractivity contribution is 0.0529. The van der Waals surface area contributed by atoms with Crippen molar-refractivity contribution in [1.29, 1.82) is 0 Å². The number of anilines is 1. The average molecular weight is 317 g/mol. The van der Waals surface area contributed by atoms with Gasteiger partial charge in [0.05, 0.1) is 6.61 Å². The van der Waals surface area contributed by atoms with E-state index < -0.39 is 0 Å². The molecule has 0 bridgehead atoms. The smallest absolute Gasteiger partial charge is 0.341 e. The Hall–Kier alpha value is -1.81. The van der Waals surface area contributed by atoms with Crippen LogP contribution in [0.4, 0.5) is 5.00 Å². The van der Waals surface area contributed by atoms with Crippen molar-refractivity contribution in [3.05, 3.63) is 39.8 Å². The van der Waals surface area contributed by atoms with E-state index >= 15 is 0 Å². The topological polar surface area (TPSA) is 52.3 Å². The molecule has 0 radical (unpaired) electrons. The van der Waals surface area contributed by atoms with Crippen LogP contribution in [0.3, 0.4) is 0 Å². The fourth-order valence-electron chi connectivity index (χ4n) is 2.46. The van der Waals surface area contributed by atoms with E-state index in [9.17, 15) is 4.79 Å². The van der Waals surface area contributed by atoms with Crippen LogP contribution >= 0.6 is 11.3 Å². The summed E-state index contributed by atoms with van der Waals surface area (Å²) in [6.45, 7) is 10.5. The van der Waals surface area contributed by atoms with E-state index in [0.717, 1.165) is 16.0 Å². The average Bonchev–Trinajstić information content (AvgIpc) is 2.80. The molecule has 0 aliphatic carbocycles. The van der Waals surface area contributed by atoms with Crippen LogP contribution in [0.2, 0.25) is 0 Å². The minimum Gasteiger partial charge on any atom is -0.462 e. The van der Waals surface area contributed by atoms with Gasteiger partial charge in [0.25, 0.3) is 0 Å². The van der Waals surface area contributed by atoms with E-state index in [1.54, 1.807) is 6.92 Å². The number of esters is 1. The number of hydrogen-bond donors (Lipinski definition) is 1. The van der Waals surface area contributed by atoms with E-state index in [-0.39, 0.29) is 5.97 Å². The summed E-state index contributed by atoms with van der Waals surface area (Å²) in [5, 5.41) is 0.537. The minimum atomic E-state index is -0.337. The van der Waals surface area contributed by atoms with E-state index in [1.807, 2.05) is 0 Å². The Morgan fingerprint density at radius 2 is 1.95 bits per heavy atom. The summed E-state index contributed by atoms with van der Waals surface area (Å²) in [5.74, 6) is -0.0385. The normalized spacial score (nSPS) is 11.0. The molecule has 1 aromatic carbocycles. The Morgan fingerprint density at radius 1 is 1.27 bits per heavy atom. The second-order valence-corrected chi connectivity index (χ2v) is 6.84. The monoisotopic (exact) mass is 317 g/mol. The van der Waals surface area contributed by atoms with E-state index in [0.29, 0.717) is 23.1 Å². The number of nitrogen functional groups attached to an aromatic ring is 1. The number of benzene rings is 1. The van der Waals surface area contributed by atoms with Gasteiger partial charge in [-0.15, -0.1) is 11.3 Å². The first kappa shape index (κ1) is 16.6. The van der Waals surface area contributed by atoms with Crippen molar-refractivity contribution in [1.82, 2.24) is 0 Å². The molecule has 118 valence electrons. The molecular weight excluding hydrogens is 294 g/mol. The molecule has 0 saturated heterocycles. The first-order chi connectivity index (χ1) is 10.4. The van der Waals surface area contributed by atoms with Crippen LogP contribution in [0.5, 0.6) is 0 Å². The Kier molecular flexibility index (Phi) is 4.91. The van der Waals surface area contributed by atoms with Gasteiger partial charge < -0.3 is 10.5 Å². The van der Waals surface area contributed by atoms with Crippen molar-refractivity contribution < 1.29 is 9.53 Å². The minimum absolute atomic E-state index is 0.298. The lowest BCUT2D eigenvalue weighted by Gasteiger charge is -2.11. The van der Waals surface area contributed by atoms with Crippen LogP contribution < -0.4 is 5.73 Å². The highest BCUT2D eigenvalue weighted by Crippen LogP contribution is 2.43. The van der Waals surface area contributed by atoms with Gasteiger partial charge >= 0.3 is 5.97 Å². The number of ether oxygens (including phenoxy) is 1. The molecule has 0 atom stereocenters. The van der Waals surface area contributed by atoms with Gasteiger partial charge in [0.1, 0.15) is 10.6 Å². The standard InChI is InChI=1S/C18H23NO2S/c1-6-21-18(20)15-14(16(10(2)3)22-17(15)19)13-8-7-11(4)12(5)9-13/h7-10H,6,19H2,1-5H3. The van der Waals surface area contributed by atoms with Gasteiger partial charge in [-0.25, -0.2) is 4.79 Å². The summed E-state index contributed by atoms with van der Waals surface area (Å²) in [6.07, 6.45) is 0. The number of hydrogen-bond acceptors (Lipinski definition) is 4. The molecule has 22 heavy (non-hydrogen) atoms. The summed E-state index contributed by atoms with van der Waals surface area (Å²) in [6, 6.07) is 6.25. The Bertz CT molecular complexity index is 701. The number of rotatable bonds is 4. The quantitative estimate of drug-likeness (QED) is 0.815. The molecule has 2 N–H and O–H groups in total. The van der Waals surface area contributed by atoms with Crippen LogP contribution in [0.15, 0.2) is 18.2 Å². The number of nitrogens with two attached hydrogens (primary N) is 1. The van der Waals surface area contributed by atoms with Crippen molar-refractivity contribution in [3.8, 4) is 11.1 Å². The second-order valence-electron chi connectivity index (χ2n) is 5.75. The first-order valence-electron chi connectivity index (χ1n) is 7.53. The summed E-state index contributed by atoms with van der Waals surface area (Å²) in [5.41, 5.74) is 11.0. The molecule has 3 nitrogen and oxygen atoms in total. The lowest BCUT2D eigenvalue weighted by Crippen LogP contribution is -2.07. The summed E-state index contributed by atoms with van der Waals surface area (Å²) < 4.78 is 5.21. The Balaban J connectivity index is 2.70. The van der Waals surface area contributed by atoms with Crippen LogP contribution in [0.25, 0.3) is 11.1 Å². The number of carbonyl (C=O) groups excluding carboxylic acids is 1. The molecule has 0 aliphatic heterocycles. The lowest BCUT2D eigenvalue weighted by atomic mass is 9.94. The predicted molar refractivity (Wildman–Crippen MR) is 93.7 cm³/mol. The third kappa shape index (κ3) is 3.02. The summed E-state index contributed by atoms with van der Waals surface area (Å²) >= 11 is 1.49. The van der Waals surface area contributed by atoms with Crippen LogP contribution in [-0.4, -0.2) is 12.6 Å². The number of thiophene rings is 1. The number of carbonyl (C=O) groups is 1. The first-order valence-corrected chi connectivity index (χ1v) is 8.35. The highest BCUT2D eigenvalue weighted by molar-refractivity contribution is 7.17. The van der Waals surface area contributed by atoms with Crippen LogP contribution in [0.1, 0.15) is 53.1 Å². The molecule has 0 fully saturated rings. The molecule has 4 heteroatoms. The van der Waals surface area contributed by atoms with Crippen molar-refractivity contribution in [2.75, 3.05) is 12.3 Å². The van der Waals surface area contributed by atoms with Crippen molar-refractivity contribution >= 4 is 22.3 Å². The molecule has 2 aromatic rings. The van der Waals surface area contributed by atoms with E-state index in [1.165, 1.54) is 22.5 Å². The molecule has 1 aromatic heterocycles. The van der Waals surface area contributed by atoms with Gasteiger partial charge in [-0.1, -0.05) is 32.0 Å². The molecule has 0 amide bonds. The van der Waals surface area contributed by atoms with E-state index in [2.05, 4.69) is 45.9 Å². The SMILES string of the molecule is CCOC(=O)c1c(N)sc(C(C)C)c1-c1ccc(C)c(C)c1. The van der Waals surface area contributed by atoms with Gasteiger partial charge in [0.15, 0.2) is 0 Å². The summed E-state index contributed by atoms with van der Waals surface area (Å²) in [4.78, 5) is 13.5. The summed E-state index contributed by atoms with van der Waals surface area (Å²) in [7, 11) is 0. The molecular formula is C18H23NO2S. The van der Waals surface area contributed by atoms with Gasteiger partial charge in [-0.3, -0.25) is 0 Å². The highest BCUT2D eigenvalue weighted by Gasteiger charge is 2.25. The molecule has 0 saturated carbocycles. The molecule has 0 aliphatic rings. The van der Waals surface area contributed by atoms with Crippen LogP contribution in [0, 0.1) is 13.8 Å². The molecule has 0 unspecified atom stereocenters. The van der Waals surface area contributed by atoms with Gasteiger partial charge in [-0.05, 0) is 43.4 Å². The van der Waals surface area contributed by atoms with Crippen molar-refractivity contribution in [2.45, 2.75) is 40.5 Å². The fraction of sp³-hybridized carbons (Fsp3) is 0.389. The zero-order valence-electron chi connectivity index (χ0n) is 13.8. The predicted octanol–water partition coefficient (Wildman–Crippen LogP) is 4.91. The van der Waals surface area contributed by atoms with Crippen molar-refractivity contribution in [3.63, 3.8) is 0 Å². The Morgan fingerprint density at radius 3 is 2.50 bits per heavy atom. The van der Waals surface area contributed by atoms with Crippen molar-refractivity contribution in [2.24, 2.45) is 0 Å². The highest BCUT2D eigenvalue weighted by atomic mass is 32.1. The van der Waals surface area contributed by atoms with Crippen LogP contribution in [-0.2, 0) is 4.74 Å². The maximum Gasteiger partial charge on any atom is 0.341 e. The fourth-order valence-corrected chi connectivity index (χ4v) is 3.54. The second kappa shape index (κ2) is 6.53. The third-order valence-corrected chi connectivity index (χ3v) is 5.08. The maximum absolute atomic E-state index is 12.4. The van der Waals surface area contributed by atoms with Gasteiger partial charge in [-0.2, -0.15) is 0 Å². The van der Waals surface area contributed by atoms with Gasteiger partial charge in [0.2, 0.25) is 0 Å². The third-order valence-electron chi connectivity index (χ3n) is 3.76. The van der Waals surface area contributed by atoms with Gasteiger partial charge in [0, 0.05) is 10.4 Å². The zero-order chi connectivity index (χ0) is 16.4. The largest absolute Gasteiger partial charge is 0.462 e. The molecule has 2 rings (SSSR count). The Labute approximate surface area is 136 Å².